The summed E-state index contributed by atoms with van der Waals surface area (Å²) in [5.74, 6) is 0.199. The molecule has 1 aliphatic heterocycles. The Morgan fingerprint density at radius 1 is 1.48 bits per heavy atom. The minimum Gasteiger partial charge on any atom is -0.379 e. The Morgan fingerprint density at radius 2 is 2.26 bits per heavy atom. The first-order valence-electron chi connectivity index (χ1n) is 7.57. The van der Waals surface area contributed by atoms with Crippen LogP contribution in [0.4, 0.5) is 5.82 Å². The Kier molecular flexibility index (Phi) is 6.54. The van der Waals surface area contributed by atoms with Crippen LogP contribution in [0.25, 0.3) is 0 Å². The topological polar surface area (TPSA) is 90.3 Å². The van der Waals surface area contributed by atoms with Gasteiger partial charge < -0.3 is 15.4 Å². The number of amides is 1. The highest BCUT2D eigenvalue weighted by molar-refractivity contribution is 5.97. The lowest BCUT2D eigenvalue weighted by atomic mass is 10.3. The second-order valence-corrected chi connectivity index (χ2v) is 5.24. The van der Waals surface area contributed by atoms with Crippen LogP contribution in [0.1, 0.15) is 5.56 Å². The van der Waals surface area contributed by atoms with Crippen molar-refractivity contribution in [3.05, 3.63) is 35.7 Å². The van der Waals surface area contributed by atoms with E-state index in [0.29, 0.717) is 12.4 Å². The van der Waals surface area contributed by atoms with E-state index in [0.717, 1.165) is 38.4 Å². The molecular weight excluding hydrogens is 294 g/mol. The largest absolute Gasteiger partial charge is 0.379 e. The first-order valence-corrected chi connectivity index (χ1v) is 7.57. The molecule has 0 atom stereocenters. The fourth-order valence-electron chi connectivity index (χ4n) is 2.10. The zero-order chi connectivity index (χ0) is 16.5. The van der Waals surface area contributed by atoms with Crippen molar-refractivity contribution in [2.45, 2.75) is 6.92 Å². The van der Waals surface area contributed by atoms with Gasteiger partial charge in [-0.25, -0.2) is 4.98 Å². The summed E-state index contributed by atoms with van der Waals surface area (Å²) in [5, 5.41) is 14.7. The number of morpholine rings is 1. The van der Waals surface area contributed by atoms with Crippen LogP contribution in [0.5, 0.6) is 0 Å². The maximum Gasteiger partial charge on any atom is 0.263 e. The van der Waals surface area contributed by atoms with Crippen LogP contribution in [0, 0.1) is 18.3 Å². The van der Waals surface area contributed by atoms with Crippen LogP contribution < -0.4 is 10.6 Å². The van der Waals surface area contributed by atoms with Crippen molar-refractivity contribution in [3.8, 4) is 6.07 Å². The van der Waals surface area contributed by atoms with E-state index in [1.54, 1.807) is 12.3 Å². The number of aryl methyl sites for hydroxylation is 1. The van der Waals surface area contributed by atoms with E-state index in [9.17, 15) is 4.79 Å². The number of hydrogen-bond acceptors (Lipinski definition) is 6. The maximum atomic E-state index is 12.0. The number of aromatic nitrogens is 1. The molecule has 0 saturated carbocycles. The average Bonchev–Trinajstić information content (AvgIpc) is 2.58. The molecule has 0 aliphatic carbocycles. The Labute approximate surface area is 135 Å². The van der Waals surface area contributed by atoms with Gasteiger partial charge in [-0.05, 0) is 18.6 Å². The molecule has 2 heterocycles. The number of pyridine rings is 1. The molecule has 1 amide bonds. The minimum atomic E-state index is -0.389. The van der Waals surface area contributed by atoms with Crippen LogP contribution in [0.3, 0.4) is 0 Å². The highest BCUT2D eigenvalue weighted by atomic mass is 16.5. The third-order valence-corrected chi connectivity index (χ3v) is 3.46. The number of carbonyl (C=O) groups is 1. The lowest BCUT2D eigenvalue weighted by Crippen LogP contribution is -2.41. The summed E-state index contributed by atoms with van der Waals surface area (Å²) in [5.41, 5.74) is 1.07. The van der Waals surface area contributed by atoms with Gasteiger partial charge in [-0.15, -0.1) is 0 Å². The van der Waals surface area contributed by atoms with E-state index in [4.69, 9.17) is 10.00 Å². The fraction of sp³-hybridized carbons (Fsp3) is 0.438. The number of hydrogen-bond donors (Lipinski definition) is 2. The summed E-state index contributed by atoms with van der Waals surface area (Å²) in [6.07, 6.45) is 3.09. The van der Waals surface area contributed by atoms with Crippen molar-refractivity contribution in [2.24, 2.45) is 0 Å². The second-order valence-electron chi connectivity index (χ2n) is 5.24. The molecule has 1 aromatic rings. The summed E-state index contributed by atoms with van der Waals surface area (Å²) in [6, 6.07) is 5.59. The second kappa shape index (κ2) is 8.88. The summed E-state index contributed by atoms with van der Waals surface area (Å²) in [6.45, 7) is 6.39. The van der Waals surface area contributed by atoms with E-state index < -0.39 is 0 Å². The number of nitrogens with one attached hydrogen (secondary N) is 2. The fourth-order valence-corrected chi connectivity index (χ4v) is 2.10. The van der Waals surface area contributed by atoms with Crippen molar-refractivity contribution in [1.82, 2.24) is 15.2 Å². The lowest BCUT2D eigenvalue weighted by Gasteiger charge is -2.26. The molecule has 1 aliphatic rings. The van der Waals surface area contributed by atoms with Crippen molar-refractivity contribution in [1.29, 1.82) is 5.26 Å². The molecule has 23 heavy (non-hydrogen) atoms. The van der Waals surface area contributed by atoms with Crippen LogP contribution >= 0.6 is 0 Å². The van der Waals surface area contributed by atoms with Gasteiger partial charge in [0, 0.05) is 38.6 Å². The van der Waals surface area contributed by atoms with E-state index >= 15 is 0 Å². The molecule has 0 bridgehead atoms. The van der Waals surface area contributed by atoms with Gasteiger partial charge >= 0.3 is 0 Å². The molecule has 0 radical (unpaired) electrons. The first kappa shape index (κ1) is 16.9. The van der Waals surface area contributed by atoms with Gasteiger partial charge in [-0.2, -0.15) is 5.26 Å². The molecule has 2 N–H and O–H groups in total. The molecule has 0 unspecified atom stereocenters. The Hall–Kier alpha value is -2.43. The average molecular weight is 315 g/mol. The van der Waals surface area contributed by atoms with Crippen LogP contribution in [0.15, 0.2) is 30.1 Å². The molecule has 0 spiro atoms. The maximum absolute atomic E-state index is 12.0. The minimum absolute atomic E-state index is 0.0225. The molecular formula is C16H21N5O2. The molecule has 2 rings (SSSR count). The number of rotatable bonds is 6. The van der Waals surface area contributed by atoms with E-state index in [1.165, 1.54) is 6.20 Å². The molecule has 122 valence electrons. The Balaban J connectivity index is 1.79. The summed E-state index contributed by atoms with van der Waals surface area (Å²) >= 11 is 0. The molecule has 1 aromatic heterocycles. The monoisotopic (exact) mass is 315 g/mol. The molecule has 7 nitrogen and oxygen atoms in total. The van der Waals surface area contributed by atoms with Gasteiger partial charge in [0.15, 0.2) is 0 Å². The highest BCUT2D eigenvalue weighted by Gasteiger charge is 2.12. The van der Waals surface area contributed by atoms with Gasteiger partial charge in [-0.1, -0.05) is 6.07 Å². The van der Waals surface area contributed by atoms with Crippen molar-refractivity contribution in [3.63, 3.8) is 0 Å². The predicted molar refractivity (Wildman–Crippen MR) is 86.6 cm³/mol. The first-order chi connectivity index (χ1) is 11.2. The molecule has 0 aromatic carbocycles. The van der Waals surface area contributed by atoms with Crippen molar-refractivity contribution in [2.75, 3.05) is 44.7 Å². The third-order valence-electron chi connectivity index (χ3n) is 3.46. The Bertz CT molecular complexity index is 585. The highest BCUT2D eigenvalue weighted by Crippen LogP contribution is 2.04. The van der Waals surface area contributed by atoms with E-state index in [2.05, 4.69) is 20.5 Å². The quantitative estimate of drug-likeness (QED) is 0.592. The summed E-state index contributed by atoms with van der Waals surface area (Å²) in [7, 11) is 0. The van der Waals surface area contributed by atoms with Gasteiger partial charge in [0.1, 0.15) is 17.5 Å². The Morgan fingerprint density at radius 3 is 2.91 bits per heavy atom. The number of nitrogens with zero attached hydrogens (tertiary/aromatic N) is 3. The standard InChI is InChI=1S/C16H21N5O2/c1-13-2-3-15(19-11-13)20-12-14(10-17)16(22)18-4-5-21-6-8-23-9-7-21/h2-3,11-12H,4-9H2,1H3,(H,18,22)(H,19,20)/b14-12-. The lowest BCUT2D eigenvalue weighted by molar-refractivity contribution is -0.117. The van der Waals surface area contributed by atoms with Crippen LogP contribution in [-0.4, -0.2) is 55.2 Å². The smallest absolute Gasteiger partial charge is 0.263 e. The SMILES string of the molecule is Cc1ccc(N/C=C(/C#N)C(=O)NCCN2CCOCC2)nc1. The van der Waals surface area contributed by atoms with Gasteiger partial charge in [0.25, 0.3) is 5.91 Å². The van der Waals surface area contributed by atoms with Gasteiger partial charge in [0.2, 0.25) is 0 Å². The zero-order valence-corrected chi connectivity index (χ0v) is 13.2. The van der Waals surface area contributed by atoms with Crippen LogP contribution in [-0.2, 0) is 9.53 Å². The summed E-state index contributed by atoms with van der Waals surface area (Å²) in [4.78, 5) is 18.4. The number of nitriles is 1. The third kappa shape index (κ3) is 5.70. The molecule has 1 fully saturated rings. The van der Waals surface area contributed by atoms with Crippen molar-refractivity contribution < 1.29 is 9.53 Å². The normalized spacial score (nSPS) is 15.7. The van der Waals surface area contributed by atoms with E-state index in [1.807, 2.05) is 19.1 Å². The van der Waals surface area contributed by atoms with Crippen molar-refractivity contribution >= 4 is 11.7 Å². The zero-order valence-electron chi connectivity index (χ0n) is 13.2. The summed E-state index contributed by atoms with van der Waals surface area (Å²) < 4.78 is 5.27. The van der Waals surface area contributed by atoms with Gasteiger partial charge in [0.05, 0.1) is 13.2 Å². The van der Waals surface area contributed by atoms with E-state index in [-0.39, 0.29) is 11.5 Å². The molecule has 1 saturated heterocycles. The van der Waals surface area contributed by atoms with Crippen LogP contribution in [0.2, 0.25) is 0 Å². The predicted octanol–water partition coefficient (Wildman–Crippen LogP) is 0.658. The number of ether oxygens (including phenoxy) is 1. The number of anilines is 1. The number of carbonyl (C=O) groups excluding carboxylic acids is 1. The van der Waals surface area contributed by atoms with Gasteiger partial charge in [-0.3, -0.25) is 9.69 Å². The molecule has 7 heteroatoms.